The molecule has 7 nitrogen and oxygen atoms in total. The van der Waals surface area contributed by atoms with Crippen LogP contribution in [0.5, 0.6) is 5.75 Å². The van der Waals surface area contributed by atoms with E-state index >= 15 is 0 Å². The molecular weight excluding hydrogens is 364 g/mol. The third-order valence-electron chi connectivity index (χ3n) is 4.96. The summed E-state index contributed by atoms with van der Waals surface area (Å²) in [4.78, 5) is 4.56. The van der Waals surface area contributed by atoms with Crippen molar-refractivity contribution in [3.05, 3.63) is 59.7 Å². The number of aryl methyl sites for hydroxylation is 1. The Morgan fingerprint density at radius 1 is 1.14 bits per heavy atom. The van der Waals surface area contributed by atoms with Crippen LogP contribution in [0.1, 0.15) is 25.0 Å². The molecule has 0 amide bonds. The Balaban J connectivity index is 1.39. The molecule has 0 saturated heterocycles. The number of hydrogen-bond acceptors (Lipinski definition) is 6. The van der Waals surface area contributed by atoms with Crippen LogP contribution in [0, 0.1) is 0 Å². The molecule has 0 radical (unpaired) electrons. The first-order valence-corrected chi connectivity index (χ1v) is 9.39. The van der Waals surface area contributed by atoms with Crippen LogP contribution in [-0.2, 0) is 7.05 Å². The molecule has 0 fully saturated rings. The Morgan fingerprint density at radius 2 is 2.00 bits per heavy atom. The number of benzene rings is 2. The van der Waals surface area contributed by atoms with Crippen LogP contribution in [0.3, 0.4) is 0 Å². The molecule has 1 aliphatic heterocycles. The molecule has 0 unspecified atom stereocenters. The van der Waals surface area contributed by atoms with Crippen molar-refractivity contribution in [1.29, 1.82) is 0 Å². The van der Waals surface area contributed by atoms with Crippen LogP contribution in [0.2, 0.25) is 0 Å². The highest BCUT2D eigenvalue weighted by Gasteiger charge is 2.21. The van der Waals surface area contributed by atoms with Crippen molar-refractivity contribution in [2.24, 2.45) is 12.1 Å². The average Bonchev–Trinajstić information content (AvgIpc) is 3.00. The lowest BCUT2D eigenvalue weighted by atomic mass is 10.0. The maximum atomic E-state index is 5.95. The van der Waals surface area contributed by atoms with Gasteiger partial charge in [0.15, 0.2) is 5.65 Å². The van der Waals surface area contributed by atoms with Crippen molar-refractivity contribution in [2.45, 2.75) is 19.4 Å². The zero-order valence-corrected chi connectivity index (χ0v) is 16.4. The minimum absolute atomic E-state index is 0.283. The molecular formula is C22H20N6O. The van der Waals surface area contributed by atoms with Gasteiger partial charge in [-0.2, -0.15) is 10.1 Å². The lowest BCUT2D eigenvalue weighted by molar-refractivity contribution is 0.159. The van der Waals surface area contributed by atoms with Crippen LogP contribution in [0.4, 0.5) is 5.95 Å². The molecule has 0 bridgehead atoms. The lowest BCUT2D eigenvalue weighted by Gasteiger charge is -2.27. The van der Waals surface area contributed by atoms with E-state index in [2.05, 4.69) is 31.8 Å². The maximum absolute atomic E-state index is 5.95. The standard InChI is InChI=1S/C22H20N6O/c1-22(2)11-10-15-12-14(8-9-18(15)29-22)13-23-26-21-24-20-19(25-27-21)16-6-4-5-7-17(16)28(20)3/h4-13H,1-3H3,(H,24,26,27)/b23-13-. The molecule has 4 aromatic rings. The summed E-state index contributed by atoms with van der Waals surface area (Å²) in [6, 6.07) is 14.0. The largest absolute Gasteiger partial charge is 0.483 e. The number of rotatable bonds is 3. The molecule has 3 heterocycles. The van der Waals surface area contributed by atoms with Crippen molar-refractivity contribution in [1.82, 2.24) is 19.7 Å². The zero-order valence-electron chi connectivity index (χ0n) is 16.4. The Kier molecular flexibility index (Phi) is 3.84. The van der Waals surface area contributed by atoms with E-state index in [-0.39, 0.29) is 5.60 Å². The van der Waals surface area contributed by atoms with Gasteiger partial charge in [0.1, 0.15) is 16.9 Å². The zero-order chi connectivity index (χ0) is 20.0. The van der Waals surface area contributed by atoms with Crippen LogP contribution in [0.25, 0.3) is 28.1 Å². The van der Waals surface area contributed by atoms with Gasteiger partial charge in [-0.3, -0.25) is 0 Å². The molecule has 1 aliphatic rings. The third kappa shape index (κ3) is 3.10. The second-order valence-electron chi connectivity index (χ2n) is 7.59. The molecule has 0 atom stereocenters. The summed E-state index contributed by atoms with van der Waals surface area (Å²) < 4.78 is 7.95. The normalized spacial score (nSPS) is 15.0. The molecule has 0 spiro atoms. The van der Waals surface area contributed by atoms with E-state index in [0.29, 0.717) is 5.95 Å². The van der Waals surface area contributed by atoms with Gasteiger partial charge in [0.25, 0.3) is 5.95 Å². The highest BCUT2D eigenvalue weighted by Crippen LogP contribution is 2.31. The SMILES string of the molecule is Cn1c2ccccc2c2nnc(N/N=C\c3ccc4c(c3)C=CC(C)(C)O4)nc21. The summed E-state index contributed by atoms with van der Waals surface area (Å²) in [5, 5.41) is 13.8. The first-order valence-electron chi connectivity index (χ1n) is 9.39. The fraction of sp³-hybridized carbons (Fsp3) is 0.182. The summed E-state index contributed by atoms with van der Waals surface area (Å²) in [5.74, 6) is 1.22. The second-order valence-corrected chi connectivity index (χ2v) is 7.59. The number of hydrazone groups is 1. The van der Waals surface area contributed by atoms with Crippen LogP contribution in [-0.4, -0.2) is 31.6 Å². The van der Waals surface area contributed by atoms with Gasteiger partial charge in [-0.25, -0.2) is 5.43 Å². The number of para-hydroxylation sites is 1. The monoisotopic (exact) mass is 384 g/mol. The lowest BCUT2D eigenvalue weighted by Crippen LogP contribution is -2.27. The molecule has 2 aromatic heterocycles. The molecule has 1 N–H and O–H groups in total. The minimum Gasteiger partial charge on any atom is -0.483 e. The summed E-state index contributed by atoms with van der Waals surface area (Å²) in [6.45, 7) is 4.07. The van der Waals surface area contributed by atoms with Crippen molar-refractivity contribution in [3.63, 3.8) is 0 Å². The van der Waals surface area contributed by atoms with Crippen LogP contribution < -0.4 is 10.2 Å². The minimum atomic E-state index is -0.283. The Bertz CT molecular complexity index is 1300. The van der Waals surface area contributed by atoms with Gasteiger partial charge >= 0.3 is 0 Å². The Hall–Kier alpha value is -3.74. The fourth-order valence-corrected chi connectivity index (χ4v) is 3.50. The van der Waals surface area contributed by atoms with Gasteiger partial charge in [0.2, 0.25) is 0 Å². The smallest absolute Gasteiger partial charge is 0.265 e. The van der Waals surface area contributed by atoms with Crippen LogP contribution >= 0.6 is 0 Å². The molecule has 7 heteroatoms. The summed E-state index contributed by atoms with van der Waals surface area (Å²) >= 11 is 0. The number of nitrogens with zero attached hydrogens (tertiary/aromatic N) is 5. The highest BCUT2D eigenvalue weighted by molar-refractivity contribution is 6.04. The molecule has 5 rings (SSSR count). The van der Waals surface area contributed by atoms with Gasteiger partial charge in [0.05, 0.1) is 11.7 Å². The molecule has 29 heavy (non-hydrogen) atoms. The van der Waals surface area contributed by atoms with Gasteiger partial charge in [0, 0.05) is 18.0 Å². The van der Waals surface area contributed by atoms with Gasteiger partial charge in [-0.05, 0) is 49.8 Å². The number of fused-ring (bicyclic) bond motifs is 4. The van der Waals surface area contributed by atoms with E-state index in [0.717, 1.165) is 38.9 Å². The molecule has 2 aromatic carbocycles. The van der Waals surface area contributed by atoms with Crippen molar-refractivity contribution < 1.29 is 4.74 Å². The molecule has 0 saturated carbocycles. The summed E-state index contributed by atoms with van der Waals surface area (Å²) in [6.07, 6.45) is 5.85. The maximum Gasteiger partial charge on any atom is 0.265 e. The van der Waals surface area contributed by atoms with E-state index < -0.39 is 0 Å². The summed E-state index contributed by atoms with van der Waals surface area (Å²) in [5.41, 5.74) is 7.18. The van der Waals surface area contributed by atoms with E-state index in [4.69, 9.17) is 4.74 Å². The van der Waals surface area contributed by atoms with E-state index in [9.17, 15) is 0 Å². The van der Waals surface area contributed by atoms with Crippen LogP contribution in [0.15, 0.2) is 53.6 Å². The predicted molar refractivity (Wildman–Crippen MR) is 115 cm³/mol. The first-order chi connectivity index (χ1) is 14.0. The van der Waals surface area contributed by atoms with Gasteiger partial charge < -0.3 is 9.30 Å². The average molecular weight is 384 g/mol. The van der Waals surface area contributed by atoms with Crippen molar-refractivity contribution in [2.75, 3.05) is 5.43 Å². The number of aromatic nitrogens is 4. The summed E-state index contributed by atoms with van der Waals surface area (Å²) in [7, 11) is 1.97. The van der Waals surface area contributed by atoms with Gasteiger partial charge in [-0.15, -0.1) is 10.2 Å². The number of ether oxygens (including phenoxy) is 1. The number of nitrogens with one attached hydrogen (secondary N) is 1. The molecule has 144 valence electrons. The van der Waals surface area contributed by atoms with Crippen molar-refractivity contribution in [3.8, 4) is 5.75 Å². The quantitative estimate of drug-likeness (QED) is 0.424. The van der Waals surface area contributed by atoms with E-state index in [1.807, 2.05) is 74.0 Å². The van der Waals surface area contributed by atoms with Crippen molar-refractivity contribution >= 4 is 40.3 Å². The number of hydrogen-bond donors (Lipinski definition) is 1. The topological polar surface area (TPSA) is 77.2 Å². The van der Waals surface area contributed by atoms with E-state index in [1.54, 1.807) is 6.21 Å². The number of anilines is 1. The highest BCUT2D eigenvalue weighted by atomic mass is 16.5. The predicted octanol–water partition coefficient (Wildman–Crippen LogP) is 4.15. The van der Waals surface area contributed by atoms with E-state index in [1.165, 1.54) is 0 Å². The second kappa shape index (κ2) is 6.41. The first kappa shape index (κ1) is 17.4. The third-order valence-corrected chi connectivity index (χ3v) is 4.96. The Labute approximate surface area is 167 Å². The fourth-order valence-electron chi connectivity index (χ4n) is 3.50. The van der Waals surface area contributed by atoms with Gasteiger partial charge in [-0.1, -0.05) is 24.3 Å². The molecule has 0 aliphatic carbocycles. The Morgan fingerprint density at radius 3 is 2.90 bits per heavy atom.